The lowest BCUT2D eigenvalue weighted by Crippen LogP contribution is -2.26. The minimum Gasteiger partial charge on any atom is -0.475 e. The lowest BCUT2D eigenvalue weighted by atomic mass is 10.1. The standard InChI is InChI=1S/C9H7F4NO2/c10-7-2-6(16-9(11,12)13)1-5-3-14-4-15-8(5)7/h1-2,14H,3-4H2. The highest BCUT2D eigenvalue weighted by Crippen LogP contribution is 2.32. The van der Waals surface area contributed by atoms with Crippen LogP contribution in [0.2, 0.25) is 0 Å². The zero-order valence-corrected chi connectivity index (χ0v) is 7.90. The second-order valence-corrected chi connectivity index (χ2v) is 3.16. The van der Waals surface area contributed by atoms with Crippen LogP contribution in [0, 0.1) is 5.82 Å². The maximum Gasteiger partial charge on any atom is 0.573 e. The normalized spacial score (nSPS) is 15.2. The van der Waals surface area contributed by atoms with Crippen molar-refractivity contribution in [1.29, 1.82) is 0 Å². The van der Waals surface area contributed by atoms with Gasteiger partial charge in [-0.1, -0.05) is 0 Å². The third-order valence-electron chi connectivity index (χ3n) is 1.96. The van der Waals surface area contributed by atoms with Crippen LogP contribution in [0.25, 0.3) is 0 Å². The molecule has 1 aliphatic heterocycles. The first-order valence-electron chi connectivity index (χ1n) is 4.37. The molecule has 1 aromatic carbocycles. The number of ether oxygens (including phenoxy) is 2. The molecule has 3 nitrogen and oxygen atoms in total. The van der Waals surface area contributed by atoms with Crippen molar-refractivity contribution < 1.29 is 27.0 Å². The van der Waals surface area contributed by atoms with E-state index in [4.69, 9.17) is 4.74 Å². The van der Waals surface area contributed by atoms with Crippen LogP contribution in [0.1, 0.15) is 5.56 Å². The minimum absolute atomic E-state index is 0.0340. The molecule has 0 aliphatic carbocycles. The SMILES string of the molecule is Fc1cc(OC(F)(F)F)cc2c1OCNC2. The van der Waals surface area contributed by atoms with Crippen molar-refractivity contribution in [3.05, 3.63) is 23.5 Å². The predicted molar refractivity (Wildman–Crippen MR) is 45.4 cm³/mol. The monoisotopic (exact) mass is 237 g/mol. The number of alkyl halides is 3. The summed E-state index contributed by atoms with van der Waals surface area (Å²) in [4.78, 5) is 0. The average molecular weight is 237 g/mol. The maximum atomic E-state index is 13.3. The lowest BCUT2D eigenvalue weighted by Gasteiger charge is -2.20. The smallest absolute Gasteiger partial charge is 0.475 e. The Kier molecular flexibility index (Phi) is 2.63. The van der Waals surface area contributed by atoms with E-state index >= 15 is 0 Å². The van der Waals surface area contributed by atoms with Crippen molar-refractivity contribution in [2.75, 3.05) is 6.73 Å². The van der Waals surface area contributed by atoms with Gasteiger partial charge in [0.2, 0.25) is 0 Å². The molecule has 0 atom stereocenters. The molecule has 1 aliphatic rings. The van der Waals surface area contributed by atoms with Crippen LogP contribution in [0.3, 0.4) is 0 Å². The molecule has 0 unspecified atom stereocenters. The molecule has 0 fully saturated rings. The summed E-state index contributed by atoms with van der Waals surface area (Å²) in [5.74, 6) is -1.48. The van der Waals surface area contributed by atoms with Gasteiger partial charge in [0.25, 0.3) is 0 Å². The molecule has 0 bridgehead atoms. The summed E-state index contributed by atoms with van der Waals surface area (Å²) in [5.41, 5.74) is 0.297. The fourth-order valence-corrected chi connectivity index (χ4v) is 1.42. The Bertz CT molecular complexity index is 405. The summed E-state index contributed by atoms with van der Waals surface area (Å²) < 4.78 is 57.6. The molecule has 16 heavy (non-hydrogen) atoms. The minimum atomic E-state index is -4.83. The van der Waals surface area contributed by atoms with Crippen LogP contribution >= 0.6 is 0 Å². The van der Waals surface area contributed by atoms with Gasteiger partial charge in [0, 0.05) is 18.2 Å². The third-order valence-corrected chi connectivity index (χ3v) is 1.96. The summed E-state index contributed by atoms with van der Waals surface area (Å²) in [5, 5.41) is 2.73. The van der Waals surface area contributed by atoms with E-state index in [1.165, 1.54) is 0 Å². The molecule has 2 rings (SSSR count). The number of hydrogen-bond acceptors (Lipinski definition) is 3. The highest BCUT2D eigenvalue weighted by molar-refractivity contribution is 5.42. The van der Waals surface area contributed by atoms with Gasteiger partial charge in [-0.15, -0.1) is 13.2 Å². The predicted octanol–water partition coefficient (Wildman–Crippen LogP) is 2.16. The molecule has 0 aromatic heterocycles. The summed E-state index contributed by atoms with van der Waals surface area (Å²) >= 11 is 0. The van der Waals surface area contributed by atoms with E-state index in [1.54, 1.807) is 0 Å². The molecule has 0 saturated carbocycles. The van der Waals surface area contributed by atoms with Gasteiger partial charge in [-0.3, -0.25) is 5.32 Å². The van der Waals surface area contributed by atoms with Gasteiger partial charge in [0.1, 0.15) is 12.5 Å². The van der Waals surface area contributed by atoms with Crippen LogP contribution in [-0.4, -0.2) is 13.1 Å². The van der Waals surface area contributed by atoms with E-state index in [-0.39, 0.29) is 19.0 Å². The van der Waals surface area contributed by atoms with Crippen LogP contribution in [0.15, 0.2) is 12.1 Å². The Labute approximate surface area is 88.0 Å². The van der Waals surface area contributed by atoms with E-state index < -0.39 is 17.9 Å². The molecular formula is C9H7F4NO2. The Morgan fingerprint density at radius 2 is 2.06 bits per heavy atom. The molecule has 1 aromatic rings. The van der Waals surface area contributed by atoms with Gasteiger partial charge in [-0.05, 0) is 6.07 Å². The summed E-state index contributed by atoms with van der Waals surface area (Å²) in [6.45, 7) is 0.366. The van der Waals surface area contributed by atoms with Gasteiger partial charge < -0.3 is 9.47 Å². The van der Waals surface area contributed by atoms with Crippen LogP contribution in [0.4, 0.5) is 17.6 Å². The van der Waals surface area contributed by atoms with Gasteiger partial charge in [0.15, 0.2) is 11.6 Å². The van der Waals surface area contributed by atoms with E-state index in [1.807, 2.05) is 0 Å². The number of fused-ring (bicyclic) bond motifs is 1. The van der Waals surface area contributed by atoms with E-state index in [0.717, 1.165) is 6.07 Å². The zero-order valence-electron chi connectivity index (χ0n) is 7.90. The Balaban J connectivity index is 2.32. The first-order chi connectivity index (χ1) is 7.46. The van der Waals surface area contributed by atoms with Crippen molar-refractivity contribution in [2.24, 2.45) is 0 Å². The van der Waals surface area contributed by atoms with Crippen molar-refractivity contribution in [3.8, 4) is 11.5 Å². The molecule has 0 amide bonds. The van der Waals surface area contributed by atoms with Gasteiger partial charge in [-0.2, -0.15) is 0 Å². The summed E-state index contributed by atoms with van der Waals surface area (Å²) in [6, 6.07) is 1.75. The quantitative estimate of drug-likeness (QED) is 0.759. The Morgan fingerprint density at radius 3 is 2.75 bits per heavy atom. The zero-order chi connectivity index (χ0) is 11.8. The molecular weight excluding hydrogens is 230 g/mol. The van der Waals surface area contributed by atoms with Crippen molar-refractivity contribution in [2.45, 2.75) is 12.9 Å². The number of benzene rings is 1. The number of rotatable bonds is 1. The van der Waals surface area contributed by atoms with Crippen molar-refractivity contribution in [1.82, 2.24) is 5.32 Å². The largest absolute Gasteiger partial charge is 0.573 e. The summed E-state index contributed by atoms with van der Waals surface area (Å²) in [6.07, 6.45) is -4.83. The molecule has 7 heteroatoms. The van der Waals surface area contributed by atoms with Crippen molar-refractivity contribution in [3.63, 3.8) is 0 Å². The fourth-order valence-electron chi connectivity index (χ4n) is 1.42. The van der Waals surface area contributed by atoms with E-state index in [9.17, 15) is 17.6 Å². The highest BCUT2D eigenvalue weighted by atomic mass is 19.4. The van der Waals surface area contributed by atoms with Gasteiger partial charge >= 0.3 is 6.36 Å². The number of hydrogen-bond donors (Lipinski definition) is 1. The number of halogens is 4. The van der Waals surface area contributed by atoms with E-state index in [0.29, 0.717) is 11.6 Å². The van der Waals surface area contributed by atoms with Gasteiger partial charge in [-0.25, -0.2) is 4.39 Å². The fraction of sp³-hybridized carbons (Fsp3) is 0.333. The molecule has 1 heterocycles. The van der Waals surface area contributed by atoms with Crippen LogP contribution in [-0.2, 0) is 6.54 Å². The van der Waals surface area contributed by atoms with Crippen LogP contribution < -0.4 is 14.8 Å². The summed E-state index contributed by atoms with van der Waals surface area (Å²) in [7, 11) is 0. The highest BCUT2D eigenvalue weighted by Gasteiger charge is 2.32. The second kappa shape index (κ2) is 3.82. The van der Waals surface area contributed by atoms with Crippen LogP contribution in [0.5, 0.6) is 11.5 Å². The second-order valence-electron chi connectivity index (χ2n) is 3.16. The molecule has 0 saturated heterocycles. The van der Waals surface area contributed by atoms with E-state index in [2.05, 4.69) is 10.1 Å². The molecule has 88 valence electrons. The molecule has 0 radical (unpaired) electrons. The Morgan fingerprint density at radius 1 is 1.31 bits per heavy atom. The number of nitrogens with one attached hydrogen (secondary N) is 1. The van der Waals surface area contributed by atoms with Gasteiger partial charge in [0.05, 0.1) is 0 Å². The Hall–Kier alpha value is -1.50. The molecule has 1 N–H and O–H groups in total. The maximum absolute atomic E-state index is 13.3. The third kappa shape index (κ3) is 2.35. The molecule has 0 spiro atoms. The first-order valence-corrected chi connectivity index (χ1v) is 4.37. The lowest BCUT2D eigenvalue weighted by molar-refractivity contribution is -0.274. The average Bonchev–Trinajstić information content (AvgIpc) is 2.15. The van der Waals surface area contributed by atoms with Crippen molar-refractivity contribution >= 4 is 0 Å². The first kappa shape index (κ1) is 11.0. The topological polar surface area (TPSA) is 30.5 Å².